The number of halogens is 3. The minimum atomic E-state index is -4.50. The monoisotopic (exact) mass is 289 g/mol. The van der Waals surface area contributed by atoms with Crippen LogP contribution in [0.4, 0.5) is 19.1 Å². The van der Waals surface area contributed by atoms with Gasteiger partial charge in [0.15, 0.2) is 0 Å². The summed E-state index contributed by atoms with van der Waals surface area (Å²) in [6.07, 6.45) is -1.27. The highest BCUT2D eigenvalue weighted by molar-refractivity contribution is 5.70. The number of aliphatic carboxylic acids is 1. The summed E-state index contributed by atoms with van der Waals surface area (Å²) in [4.78, 5) is 18.0. The molecule has 0 aliphatic heterocycles. The second kappa shape index (κ2) is 5.64. The summed E-state index contributed by atoms with van der Waals surface area (Å²) in [5.41, 5.74) is -0.991. The molecule has 1 heterocycles. The highest BCUT2D eigenvalue weighted by atomic mass is 19.4. The first-order valence-corrected chi connectivity index (χ1v) is 6.26. The number of aromatic nitrogens is 2. The molecule has 0 unspecified atom stereocenters. The minimum Gasteiger partial charge on any atom is -0.481 e. The van der Waals surface area contributed by atoms with Crippen molar-refractivity contribution >= 4 is 11.9 Å². The second-order valence-corrected chi connectivity index (χ2v) is 4.79. The maximum atomic E-state index is 12.5. The normalized spacial score (nSPS) is 23.4. The Hall–Kier alpha value is -1.86. The minimum absolute atomic E-state index is 0.0707. The Bertz CT molecular complexity index is 485. The predicted octanol–water partition coefficient (Wildman–Crippen LogP) is 2.55. The first-order valence-electron chi connectivity index (χ1n) is 6.26. The number of rotatable bonds is 3. The molecule has 110 valence electrons. The molecular formula is C12H14F3N3O2. The van der Waals surface area contributed by atoms with Crippen LogP contribution >= 0.6 is 0 Å². The number of alkyl halides is 3. The number of nitrogens with one attached hydrogen (secondary N) is 1. The lowest BCUT2D eigenvalue weighted by atomic mass is 9.86. The molecule has 1 aromatic heterocycles. The fourth-order valence-corrected chi connectivity index (χ4v) is 2.25. The van der Waals surface area contributed by atoms with E-state index in [1.54, 1.807) is 0 Å². The lowest BCUT2D eigenvalue weighted by molar-refractivity contribution is -0.143. The van der Waals surface area contributed by atoms with Gasteiger partial charge in [-0.15, -0.1) is 0 Å². The van der Waals surface area contributed by atoms with Gasteiger partial charge in [-0.25, -0.2) is 9.97 Å². The van der Waals surface area contributed by atoms with Crippen molar-refractivity contribution in [1.82, 2.24) is 9.97 Å². The van der Waals surface area contributed by atoms with Crippen molar-refractivity contribution in [3.63, 3.8) is 0 Å². The number of hydrogen-bond donors (Lipinski definition) is 2. The molecule has 0 atom stereocenters. The van der Waals surface area contributed by atoms with E-state index in [0.29, 0.717) is 25.7 Å². The van der Waals surface area contributed by atoms with E-state index >= 15 is 0 Å². The van der Waals surface area contributed by atoms with E-state index in [0.717, 1.165) is 12.3 Å². The van der Waals surface area contributed by atoms with Crippen molar-refractivity contribution in [2.75, 3.05) is 5.32 Å². The van der Waals surface area contributed by atoms with Gasteiger partial charge in [0.05, 0.1) is 5.92 Å². The fourth-order valence-electron chi connectivity index (χ4n) is 2.25. The summed E-state index contributed by atoms with van der Waals surface area (Å²) in [6, 6.07) is 0.723. The average Bonchev–Trinajstić information content (AvgIpc) is 2.38. The molecule has 0 aromatic carbocycles. The zero-order valence-corrected chi connectivity index (χ0v) is 10.5. The molecule has 20 heavy (non-hydrogen) atoms. The van der Waals surface area contributed by atoms with Crippen molar-refractivity contribution in [1.29, 1.82) is 0 Å². The topological polar surface area (TPSA) is 75.1 Å². The van der Waals surface area contributed by atoms with Gasteiger partial charge in [0.25, 0.3) is 0 Å². The fraction of sp³-hybridized carbons (Fsp3) is 0.583. The molecule has 1 aromatic rings. The molecular weight excluding hydrogens is 275 g/mol. The Labute approximate surface area is 113 Å². The summed E-state index contributed by atoms with van der Waals surface area (Å²) in [5.74, 6) is -1.26. The van der Waals surface area contributed by atoms with Crippen LogP contribution in [-0.2, 0) is 11.0 Å². The smallest absolute Gasteiger partial charge is 0.433 e. The van der Waals surface area contributed by atoms with Crippen LogP contribution in [0.1, 0.15) is 31.4 Å². The Balaban J connectivity index is 1.96. The van der Waals surface area contributed by atoms with Gasteiger partial charge in [-0.3, -0.25) is 4.79 Å². The third-order valence-corrected chi connectivity index (χ3v) is 3.36. The number of carboxylic acids is 1. The third-order valence-electron chi connectivity index (χ3n) is 3.36. The van der Waals surface area contributed by atoms with Crippen LogP contribution in [0.15, 0.2) is 12.3 Å². The predicted molar refractivity (Wildman–Crippen MR) is 64.0 cm³/mol. The van der Waals surface area contributed by atoms with Crippen LogP contribution < -0.4 is 5.32 Å². The summed E-state index contributed by atoms with van der Waals surface area (Å²) < 4.78 is 37.5. The molecule has 1 fully saturated rings. The van der Waals surface area contributed by atoms with Crippen molar-refractivity contribution in [3.05, 3.63) is 18.0 Å². The molecule has 0 radical (unpaired) electrons. The van der Waals surface area contributed by atoms with Crippen molar-refractivity contribution in [3.8, 4) is 0 Å². The maximum Gasteiger partial charge on any atom is 0.433 e. The van der Waals surface area contributed by atoms with E-state index in [-0.39, 0.29) is 17.9 Å². The molecule has 0 spiro atoms. The van der Waals surface area contributed by atoms with Gasteiger partial charge in [0.2, 0.25) is 5.95 Å². The van der Waals surface area contributed by atoms with Gasteiger partial charge >= 0.3 is 12.1 Å². The number of carboxylic acid groups (broad SMARTS) is 1. The average molecular weight is 289 g/mol. The van der Waals surface area contributed by atoms with Crippen molar-refractivity contribution < 1.29 is 23.1 Å². The second-order valence-electron chi connectivity index (χ2n) is 4.79. The highest BCUT2D eigenvalue weighted by Gasteiger charge is 2.33. The molecule has 5 nitrogen and oxygen atoms in total. The number of anilines is 1. The van der Waals surface area contributed by atoms with Crippen LogP contribution in [0.5, 0.6) is 0 Å². The molecule has 2 rings (SSSR count). The van der Waals surface area contributed by atoms with Crippen LogP contribution in [0, 0.1) is 5.92 Å². The van der Waals surface area contributed by atoms with Gasteiger partial charge in [0, 0.05) is 12.2 Å². The maximum absolute atomic E-state index is 12.5. The van der Waals surface area contributed by atoms with Crippen LogP contribution in [0.3, 0.4) is 0 Å². The van der Waals surface area contributed by atoms with Gasteiger partial charge < -0.3 is 10.4 Å². The largest absolute Gasteiger partial charge is 0.481 e. The van der Waals surface area contributed by atoms with Crippen molar-refractivity contribution in [2.45, 2.75) is 37.9 Å². The Morgan fingerprint density at radius 1 is 1.30 bits per heavy atom. The summed E-state index contributed by atoms with van der Waals surface area (Å²) in [6.45, 7) is 0. The molecule has 1 aliphatic carbocycles. The van der Waals surface area contributed by atoms with Gasteiger partial charge in [-0.1, -0.05) is 0 Å². The van der Waals surface area contributed by atoms with Crippen LogP contribution in [-0.4, -0.2) is 27.1 Å². The lowest BCUT2D eigenvalue weighted by Gasteiger charge is -2.26. The summed E-state index contributed by atoms with van der Waals surface area (Å²) in [7, 11) is 0. The molecule has 1 saturated carbocycles. The highest BCUT2D eigenvalue weighted by Crippen LogP contribution is 2.29. The Morgan fingerprint density at radius 2 is 1.95 bits per heavy atom. The van der Waals surface area contributed by atoms with Gasteiger partial charge in [0.1, 0.15) is 5.69 Å². The van der Waals surface area contributed by atoms with E-state index in [9.17, 15) is 18.0 Å². The zero-order valence-electron chi connectivity index (χ0n) is 10.5. The summed E-state index contributed by atoms with van der Waals surface area (Å²) >= 11 is 0. The molecule has 1 aliphatic rings. The van der Waals surface area contributed by atoms with E-state index in [4.69, 9.17) is 5.11 Å². The van der Waals surface area contributed by atoms with E-state index < -0.39 is 17.8 Å². The van der Waals surface area contributed by atoms with Crippen LogP contribution in [0.25, 0.3) is 0 Å². The molecule has 0 amide bonds. The number of hydrogen-bond acceptors (Lipinski definition) is 4. The Kier molecular flexibility index (Phi) is 4.10. The zero-order chi connectivity index (χ0) is 14.8. The van der Waals surface area contributed by atoms with Crippen molar-refractivity contribution in [2.24, 2.45) is 5.92 Å². The molecule has 8 heteroatoms. The molecule has 2 N–H and O–H groups in total. The molecule has 0 saturated heterocycles. The first-order chi connectivity index (χ1) is 9.36. The Morgan fingerprint density at radius 3 is 2.50 bits per heavy atom. The van der Waals surface area contributed by atoms with Gasteiger partial charge in [-0.2, -0.15) is 13.2 Å². The summed E-state index contributed by atoms with van der Waals surface area (Å²) in [5, 5.41) is 11.7. The number of carbonyl (C=O) groups is 1. The standard InChI is InChI=1S/C12H14F3N3O2/c13-12(14,15)9-5-6-16-11(18-9)17-8-3-1-7(2-4-8)10(19)20/h5-8H,1-4H2,(H,19,20)(H,16,17,18). The number of nitrogens with zero attached hydrogens (tertiary/aromatic N) is 2. The van der Waals surface area contributed by atoms with E-state index in [1.807, 2.05) is 0 Å². The van der Waals surface area contributed by atoms with E-state index in [1.165, 1.54) is 0 Å². The quantitative estimate of drug-likeness (QED) is 0.894. The van der Waals surface area contributed by atoms with Gasteiger partial charge in [-0.05, 0) is 31.7 Å². The van der Waals surface area contributed by atoms with Crippen LogP contribution in [0.2, 0.25) is 0 Å². The van der Waals surface area contributed by atoms with E-state index in [2.05, 4.69) is 15.3 Å². The third kappa shape index (κ3) is 3.58. The SMILES string of the molecule is O=C(O)C1CCC(Nc2nccc(C(F)(F)F)n2)CC1. The molecule has 0 bridgehead atoms. The lowest BCUT2D eigenvalue weighted by Crippen LogP contribution is -2.30. The first kappa shape index (κ1) is 14.5.